The average molecular weight is 407 g/mol. The van der Waals surface area contributed by atoms with Crippen LogP contribution in [0, 0.1) is 11.8 Å². The maximum Gasteiger partial charge on any atom is 0.206 e. The molecule has 4 rings (SSSR count). The van der Waals surface area contributed by atoms with Gasteiger partial charge in [-0.3, -0.25) is 0 Å². The van der Waals surface area contributed by atoms with Crippen LogP contribution in [0.1, 0.15) is 0 Å². The van der Waals surface area contributed by atoms with Crippen molar-refractivity contribution < 1.29 is 0 Å². The minimum Gasteiger partial charge on any atom is -0.120 e. The van der Waals surface area contributed by atoms with Crippen LogP contribution in [0.5, 0.6) is 0 Å². The molecule has 0 radical (unpaired) electrons. The molecular formula is C18H14N8S2. The first-order valence-electron chi connectivity index (χ1n) is 8.32. The van der Waals surface area contributed by atoms with Gasteiger partial charge >= 0.3 is 0 Å². The van der Waals surface area contributed by atoms with Gasteiger partial charge in [-0.1, -0.05) is 72.5 Å². The molecule has 0 saturated carbocycles. The lowest BCUT2D eigenvalue weighted by Gasteiger charge is -1.93. The van der Waals surface area contributed by atoms with Crippen LogP contribution in [0.2, 0.25) is 0 Å². The molecule has 2 aromatic carbocycles. The lowest BCUT2D eigenvalue weighted by atomic mass is 10.2. The van der Waals surface area contributed by atoms with Gasteiger partial charge in [0.05, 0.1) is 11.5 Å². The van der Waals surface area contributed by atoms with Gasteiger partial charge < -0.3 is 0 Å². The maximum absolute atomic E-state index is 4.33. The summed E-state index contributed by atoms with van der Waals surface area (Å²) < 4.78 is 2.96. The van der Waals surface area contributed by atoms with E-state index in [4.69, 9.17) is 0 Å². The molecule has 0 saturated heterocycles. The third-order valence-corrected chi connectivity index (χ3v) is 4.80. The van der Waals surface area contributed by atoms with Gasteiger partial charge in [0.2, 0.25) is 11.6 Å². The highest BCUT2D eigenvalue weighted by atomic mass is 32.2. The van der Waals surface area contributed by atoms with Crippen LogP contribution in [0.3, 0.4) is 0 Å². The summed E-state index contributed by atoms with van der Waals surface area (Å²) in [4.78, 5) is 0. The van der Waals surface area contributed by atoms with Gasteiger partial charge in [-0.05, 0) is 10.4 Å². The molecule has 2 heterocycles. The molecular weight excluding hydrogens is 392 g/mol. The Bertz CT molecular complexity index is 997. The first kappa shape index (κ1) is 18.2. The summed E-state index contributed by atoms with van der Waals surface area (Å²) >= 11 is 2.76. The van der Waals surface area contributed by atoms with Crippen molar-refractivity contribution >= 4 is 23.9 Å². The van der Waals surface area contributed by atoms with E-state index in [0.29, 0.717) is 23.2 Å². The van der Waals surface area contributed by atoms with E-state index < -0.39 is 0 Å². The second-order valence-corrected chi connectivity index (χ2v) is 7.11. The van der Waals surface area contributed by atoms with Gasteiger partial charge in [-0.2, -0.15) is 0 Å². The second-order valence-electron chi connectivity index (χ2n) is 5.36. The third kappa shape index (κ3) is 4.76. The van der Waals surface area contributed by atoms with Gasteiger partial charge in [0.25, 0.3) is 0 Å². The molecule has 0 amide bonds. The van der Waals surface area contributed by atoms with Crippen LogP contribution < -0.4 is 0 Å². The van der Waals surface area contributed by atoms with Crippen molar-refractivity contribution in [3.63, 3.8) is 0 Å². The Morgan fingerprint density at radius 2 is 1.07 bits per heavy atom. The van der Waals surface area contributed by atoms with E-state index in [1.165, 1.54) is 32.3 Å². The molecule has 0 unspecified atom stereocenters. The Kier molecular flexibility index (Phi) is 5.96. The molecule has 0 aliphatic heterocycles. The number of aromatic nitrogens is 8. The molecule has 0 aliphatic carbocycles. The van der Waals surface area contributed by atoms with E-state index in [2.05, 4.69) is 42.7 Å². The van der Waals surface area contributed by atoms with Crippen LogP contribution >= 0.6 is 23.9 Å². The van der Waals surface area contributed by atoms with Crippen molar-refractivity contribution in [2.45, 2.75) is 0 Å². The fourth-order valence-corrected chi connectivity index (χ4v) is 3.21. The Balaban J connectivity index is 1.23. The first-order chi connectivity index (χ1) is 13.9. The predicted octanol–water partition coefficient (Wildman–Crippen LogP) is 2.69. The van der Waals surface area contributed by atoms with Gasteiger partial charge in [-0.15, -0.1) is 28.8 Å². The van der Waals surface area contributed by atoms with E-state index in [1.807, 2.05) is 60.7 Å². The van der Waals surface area contributed by atoms with E-state index >= 15 is 0 Å². The highest BCUT2D eigenvalue weighted by molar-refractivity contribution is 7.98. The van der Waals surface area contributed by atoms with E-state index in [1.54, 1.807) is 0 Å². The lowest BCUT2D eigenvalue weighted by molar-refractivity contribution is 0.818. The molecule has 4 aromatic rings. The van der Waals surface area contributed by atoms with Crippen molar-refractivity contribution in [3.05, 3.63) is 60.7 Å². The zero-order valence-corrected chi connectivity index (χ0v) is 16.2. The summed E-state index contributed by atoms with van der Waals surface area (Å²) in [7, 11) is 0. The molecule has 0 bridgehead atoms. The molecule has 138 valence electrons. The molecule has 0 spiro atoms. The molecule has 8 nitrogen and oxygen atoms in total. The lowest BCUT2D eigenvalue weighted by Crippen LogP contribution is -1.94. The monoisotopic (exact) mass is 406 g/mol. The zero-order chi connectivity index (χ0) is 19.0. The van der Waals surface area contributed by atoms with Gasteiger partial charge in [-0.25, -0.2) is 0 Å². The quantitative estimate of drug-likeness (QED) is 0.452. The SMILES string of the molecule is C(#CCSn1nnc(-c2ccccc2)n1)CSn1nnc(-c2ccccc2)n1. The van der Waals surface area contributed by atoms with E-state index in [-0.39, 0.29) is 0 Å². The fourth-order valence-electron chi connectivity index (χ4n) is 2.20. The van der Waals surface area contributed by atoms with Crippen LogP contribution in [-0.4, -0.2) is 50.7 Å². The van der Waals surface area contributed by atoms with Crippen molar-refractivity contribution in [2.24, 2.45) is 0 Å². The fraction of sp³-hybridized carbons (Fsp3) is 0.111. The highest BCUT2D eigenvalue weighted by Gasteiger charge is 2.05. The minimum atomic E-state index is 0.561. The molecule has 0 aliphatic rings. The number of rotatable bonds is 6. The Hall–Kier alpha value is -3.16. The summed E-state index contributed by atoms with van der Waals surface area (Å²) in [6, 6.07) is 19.5. The number of tetrazole rings is 2. The minimum absolute atomic E-state index is 0.561. The van der Waals surface area contributed by atoms with Crippen molar-refractivity contribution in [2.75, 3.05) is 11.5 Å². The normalized spacial score (nSPS) is 10.4. The molecule has 0 atom stereocenters. The summed E-state index contributed by atoms with van der Waals surface area (Å²) in [5.74, 6) is 8.45. The van der Waals surface area contributed by atoms with Gasteiger partial charge in [0.1, 0.15) is 0 Å². The summed E-state index contributed by atoms with van der Waals surface area (Å²) in [6.45, 7) is 0. The topological polar surface area (TPSA) is 87.2 Å². The Labute approximate surface area is 170 Å². The van der Waals surface area contributed by atoms with Gasteiger partial charge in [0.15, 0.2) is 0 Å². The smallest absolute Gasteiger partial charge is 0.120 e. The van der Waals surface area contributed by atoms with Crippen LogP contribution in [0.15, 0.2) is 60.7 Å². The standard InChI is InChI=1S/C18H14N8S2/c1-3-9-15(10-4-1)17-19-23-25(21-17)27-13-7-8-14-28-26-22-18(20-24-26)16-11-5-2-6-12-16/h1-6,9-12H,13-14H2. The average Bonchev–Trinajstić information content (AvgIpc) is 3.42. The highest BCUT2D eigenvalue weighted by Crippen LogP contribution is 2.14. The van der Waals surface area contributed by atoms with Crippen LogP contribution in [0.4, 0.5) is 0 Å². The summed E-state index contributed by atoms with van der Waals surface area (Å²) in [5.41, 5.74) is 1.87. The molecule has 28 heavy (non-hydrogen) atoms. The predicted molar refractivity (Wildman–Crippen MR) is 110 cm³/mol. The summed E-state index contributed by atoms with van der Waals surface area (Å²) in [6.07, 6.45) is 0. The van der Waals surface area contributed by atoms with E-state index in [9.17, 15) is 0 Å². The van der Waals surface area contributed by atoms with Crippen LogP contribution in [-0.2, 0) is 0 Å². The van der Waals surface area contributed by atoms with Gasteiger partial charge in [0, 0.05) is 35.0 Å². The van der Waals surface area contributed by atoms with Crippen molar-refractivity contribution in [1.29, 1.82) is 0 Å². The number of nitrogens with zero attached hydrogens (tertiary/aromatic N) is 8. The number of hydrogen-bond acceptors (Lipinski definition) is 8. The first-order valence-corrected chi connectivity index (χ1v) is 10.2. The second kappa shape index (κ2) is 9.16. The largest absolute Gasteiger partial charge is 0.206 e. The zero-order valence-electron chi connectivity index (χ0n) is 14.6. The number of hydrogen-bond donors (Lipinski definition) is 0. The molecule has 0 N–H and O–H groups in total. The van der Waals surface area contributed by atoms with Crippen molar-refractivity contribution in [3.8, 4) is 34.6 Å². The molecule has 0 fully saturated rings. The van der Waals surface area contributed by atoms with E-state index in [0.717, 1.165) is 11.1 Å². The van der Waals surface area contributed by atoms with Crippen LogP contribution in [0.25, 0.3) is 22.8 Å². The summed E-state index contributed by atoms with van der Waals surface area (Å²) in [5, 5.41) is 24.8. The Morgan fingerprint density at radius 3 is 1.50 bits per heavy atom. The molecule has 2 aromatic heterocycles. The third-order valence-electron chi connectivity index (χ3n) is 3.49. The molecule has 10 heteroatoms. The number of benzene rings is 2. The van der Waals surface area contributed by atoms with Crippen molar-refractivity contribution in [1.82, 2.24) is 39.2 Å². The Morgan fingerprint density at radius 1 is 0.643 bits per heavy atom. The maximum atomic E-state index is 4.33.